The molecule has 1 rings (SSSR count). The van der Waals surface area contributed by atoms with E-state index in [-0.39, 0.29) is 0 Å². The SMILES string of the molecule is CCC(O)(CC)CN1CCC(C(C)C)C1. The molecule has 0 aromatic heterocycles. The number of hydrogen-bond donors (Lipinski definition) is 1. The maximum atomic E-state index is 10.3. The number of rotatable bonds is 5. The maximum Gasteiger partial charge on any atom is 0.0768 e. The lowest BCUT2D eigenvalue weighted by Gasteiger charge is -2.30. The Bertz CT molecular complexity index is 187. The molecule has 0 aliphatic carbocycles. The van der Waals surface area contributed by atoms with Gasteiger partial charge in [0.15, 0.2) is 0 Å². The highest BCUT2D eigenvalue weighted by Crippen LogP contribution is 2.26. The molecular formula is C13H27NO. The third-order valence-electron chi connectivity index (χ3n) is 4.09. The van der Waals surface area contributed by atoms with Crippen LogP contribution in [0, 0.1) is 11.8 Å². The van der Waals surface area contributed by atoms with Gasteiger partial charge < -0.3 is 10.0 Å². The van der Waals surface area contributed by atoms with Crippen LogP contribution in [0.2, 0.25) is 0 Å². The fourth-order valence-electron chi connectivity index (χ4n) is 2.44. The fourth-order valence-corrected chi connectivity index (χ4v) is 2.44. The molecule has 1 atom stereocenters. The van der Waals surface area contributed by atoms with Crippen molar-refractivity contribution in [2.75, 3.05) is 19.6 Å². The smallest absolute Gasteiger partial charge is 0.0768 e. The second kappa shape index (κ2) is 5.31. The minimum Gasteiger partial charge on any atom is -0.389 e. The third-order valence-corrected chi connectivity index (χ3v) is 4.09. The highest BCUT2D eigenvalue weighted by atomic mass is 16.3. The molecule has 0 aromatic carbocycles. The van der Waals surface area contributed by atoms with E-state index in [0.29, 0.717) is 0 Å². The summed E-state index contributed by atoms with van der Waals surface area (Å²) < 4.78 is 0. The van der Waals surface area contributed by atoms with E-state index in [9.17, 15) is 5.11 Å². The van der Waals surface area contributed by atoms with Crippen molar-refractivity contribution >= 4 is 0 Å². The topological polar surface area (TPSA) is 23.5 Å². The van der Waals surface area contributed by atoms with Crippen LogP contribution in [0.4, 0.5) is 0 Å². The van der Waals surface area contributed by atoms with Gasteiger partial charge in [-0.3, -0.25) is 0 Å². The lowest BCUT2D eigenvalue weighted by atomic mass is 9.95. The summed E-state index contributed by atoms with van der Waals surface area (Å²) in [6, 6.07) is 0. The van der Waals surface area contributed by atoms with E-state index in [2.05, 4.69) is 32.6 Å². The molecule has 2 heteroatoms. The third kappa shape index (κ3) is 3.46. The zero-order chi connectivity index (χ0) is 11.5. The Labute approximate surface area is 94.7 Å². The fraction of sp³-hybridized carbons (Fsp3) is 1.00. The number of nitrogens with zero attached hydrogens (tertiary/aromatic N) is 1. The second-order valence-electron chi connectivity index (χ2n) is 5.46. The monoisotopic (exact) mass is 213 g/mol. The summed E-state index contributed by atoms with van der Waals surface area (Å²) in [6.45, 7) is 12.0. The van der Waals surface area contributed by atoms with Crippen LogP contribution in [-0.4, -0.2) is 35.2 Å². The summed E-state index contributed by atoms with van der Waals surface area (Å²) in [6.07, 6.45) is 3.04. The number of β-amino-alcohol motifs (C(OH)–C–C–N with tert-alkyl or cyclic N) is 1. The highest BCUT2D eigenvalue weighted by Gasteiger charge is 2.31. The van der Waals surface area contributed by atoms with Gasteiger partial charge in [0.05, 0.1) is 5.60 Å². The van der Waals surface area contributed by atoms with Gasteiger partial charge in [-0.15, -0.1) is 0 Å². The van der Waals surface area contributed by atoms with Crippen molar-refractivity contribution in [1.29, 1.82) is 0 Å². The Balaban J connectivity index is 2.41. The summed E-state index contributed by atoms with van der Waals surface area (Å²) >= 11 is 0. The average molecular weight is 213 g/mol. The molecule has 0 radical (unpaired) electrons. The molecule has 1 unspecified atom stereocenters. The molecule has 0 aromatic rings. The van der Waals surface area contributed by atoms with Gasteiger partial charge in [0.25, 0.3) is 0 Å². The van der Waals surface area contributed by atoms with Crippen molar-refractivity contribution in [3.8, 4) is 0 Å². The van der Waals surface area contributed by atoms with Gasteiger partial charge in [-0.1, -0.05) is 27.7 Å². The van der Waals surface area contributed by atoms with Crippen molar-refractivity contribution in [2.45, 2.75) is 52.6 Å². The normalized spacial score (nSPS) is 24.0. The molecule has 2 nitrogen and oxygen atoms in total. The standard InChI is InChI=1S/C13H27NO/c1-5-13(15,6-2)10-14-8-7-12(9-14)11(3)4/h11-12,15H,5-10H2,1-4H3. The molecule has 1 N–H and O–H groups in total. The van der Waals surface area contributed by atoms with Gasteiger partial charge in [0.1, 0.15) is 0 Å². The highest BCUT2D eigenvalue weighted by molar-refractivity contribution is 4.85. The van der Waals surface area contributed by atoms with Crippen LogP contribution in [-0.2, 0) is 0 Å². The predicted molar refractivity (Wildman–Crippen MR) is 64.9 cm³/mol. The minimum atomic E-state index is -0.453. The van der Waals surface area contributed by atoms with Crippen molar-refractivity contribution in [1.82, 2.24) is 4.90 Å². The van der Waals surface area contributed by atoms with Gasteiger partial charge in [0.2, 0.25) is 0 Å². The molecule has 1 aliphatic rings. The summed E-state index contributed by atoms with van der Waals surface area (Å²) in [7, 11) is 0. The van der Waals surface area contributed by atoms with E-state index in [4.69, 9.17) is 0 Å². The van der Waals surface area contributed by atoms with E-state index in [1.807, 2.05) is 0 Å². The Morgan fingerprint density at radius 3 is 2.33 bits per heavy atom. The first-order valence-electron chi connectivity index (χ1n) is 6.45. The van der Waals surface area contributed by atoms with E-state index >= 15 is 0 Å². The van der Waals surface area contributed by atoms with Gasteiger partial charge in [-0.25, -0.2) is 0 Å². The van der Waals surface area contributed by atoms with Crippen LogP contribution in [0.25, 0.3) is 0 Å². The Kier molecular flexibility index (Phi) is 4.60. The van der Waals surface area contributed by atoms with Crippen molar-refractivity contribution in [3.63, 3.8) is 0 Å². The Morgan fingerprint density at radius 2 is 1.93 bits per heavy atom. The Morgan fingerprint density at radius 1 is 1.33 bits per heavy atom. The molecule has 0 bridgehead atoms. The predicted octanol–water partition coefficient (Wildman–Crippen LogP) is 2.52. The quantitative estimate of drug-likeness (QED) is 0.758. The number of aliphatic hydroxyl groups is 1. The first-order chi connectivity index (χ1) is 7.00. The number of likely N-dealkylation sites (tertiary alicyclic amines) is 1. The van der Waals surface area contributed by atoms with Crippen molar-refractivity contribution in [3.05, 3.63) is 0 Å². The first kappa shape index (κ1) is 13.0. The molecule has 0 amide bonds. The van der Waals surface area contributed by atoms with E-state index < -0.39 is 5.60 Å². The van der Waals surface area contributed by atoms with Crippen LogP contribution in [0.1, 0.15) is 47.0 Å². The maximum absolute atomic E-state index is 10.3. The lowest BCUT2D eigenvalue weighted by Crippen LogP contribution is -2.41. The second-order valence-corrected chi connectivity index (χ2v) is 5.46. The summed E-state index contributed by atoms with van der Waals surface area (Å²) in [5, 5.41) is 10.3. The Hall–Kier alpha value is -0.0800. The summed E-state index contributed by atoms with van der Waals surface area (Å²) in [5.74, 6) is 1.62. The largest absolute Gasteiger partial charge is 0.389 e. The number of hydrogen-bond acceptors (Lipinski definition) is 2. The van der Waals surface area contributed by atoms with Gasteiger partial charge in [-0.2, -0.15) is 0 Å². The van der Waals surface area contributed by atoms with Crippen LogP contribution in [0.3, 0.4) is 0 Å². The average Bonchev–Trinajstić information content (AvgIpc) is 2.66. The summed E-state index contributed by atoms with van der Waals surface area (Å²) in [5.41, 5.74) is -0.453. The van der Waals surface area contributed by atoms with Crippen LogP contribution >= 0.6 is 0 Å². The lowest BCUT2D eigenvalue weighted by molar-refractivity contribution is 0.00121. The van der Waals surface area contributed by atoms with Gasteiger partial charge in [-0.05, 0) is 37.6 Å². The molecule has 1 saturated heterocycles. The summed E-state index contributed by atoms with van der Waals surface area (Å²) in [4.78, 5) is 2.44. The molecular weight excluding hydrogens is 186 g/mol. The molecule has 90 valence electrons. The first-order valence-corrected chi connectivity index (χ1v) is 6.45. The zero-order valence-electron chi connectivity index (χ0n) is 10.8. The van der Waals surface area contributed by atoms with Gasteiger partial charge >= 0.3 is 0 Å². The van der Waals surface area contributed by atoms with Crippen LogP contribution in [0.15, 0.2) is 0 Å². The van der Waals surface area contributed by atoms with E-state index in [0.717, 1.165) is 31.2 Å². The van der Waals surface area contributed by atoms with E-state index in [1.54, 1.807) is 0 Å². The van der Waals surface area contributed by atoms with Crippen molar-refractivity contribution in [2.24, 2.45) is 11.8 Å². The van der Waals surface area contributed by atoms with Gasteiger partial charge in [0, 0.05) is 13.1 Å². The zero-order valence-corrected chi connectivity index (χ0v) is 10.8. The molecule has 0 spiro atoms. The molecule has 15 heavy (non-hydrogen) atoms. The van der Waals surface area contributed by atoms with Crippen LogP contribution in [0.5, 0.6) is 0 Å². The molecule has 1 heterocycles. The molecule has 0 saturated carbocycles. The van der Waals surface area contributed by atoms with Crippen molar-refractivity contribution < 1.29 is 5.11 Å². The molecule has 1 aliphatic heterocycles. The van der Waals surface area contributed by atoms with Crippen LogP contribution < -0.4 is 0 Å². The minimum absolute atomic E-state index is 0.453. The van der Waals surface area contributed by atoms with E-state index in [1.165, 1.54) is 19.5 Å². The molecule has 1 fully saturated rings.